The summed E-state index contributed by atoms with van der Waals surface area (Å²) < 4.78 is 47.9. The van der Waals surface area contributed by atoms with Crippen molar-refractivity contribution >= 4 is 87.0 Å². The molecule has 82 heavy (non-hydrogen) atoms. The second-order valence-electron chi connectivity index (χ2n) is 21.6. The van der Waals surface area contributed by atoms with Crippen LogP contribution in [0, 0.1) is 6.92 Å². The highest BCUT2D eigenvalue weighted by molar-refractivity contribution is 6.22. The Labute approximate surface area is 470 Å². The van der Waals surface area contributed by atoms with Crippen LogP contribution in [0.4, 0.5) is 13.2 Å². The summed E-state index contributed by atoms with van der Waals surface area (Å²) in [7, 11) is 0. The first-order valence-corrected chi connectivity index (χ1v) is 27.7. The van der Waals surface area contributed by atoms with Crippen molar-refractivity contribution in [1.29, 1.82) is 0 Å². The number of rotatable bonds is 7. The largest absolute Gasteiger partial charge is 0.416 e. The number of nitrogens with zero attached hydrogens (tertiary/aromatic N) is 3. The van der Waals surface area contributed by atoms with Crippen LogP contribution in [0.3, 0.4) is 0 Å². The fourth-order valence-electron chi connectivity index (χ4n) is 13.1. The molecule has 0 radical (unpaired) electrons. The second kappa shape index (κ2) is 18.3. The first-order valence-electron chi connectivity index (χ1n) is 27.7. The van der Waals surface area contributed by atoms with Crippen molar-refractivity contribution in [2.75, 3.05) is 0 Å². The fraction of sp³-hybridized carbons (Fsp3) is 0.0263. The van der Waals surface area contributed by atoms with Gasteiger partial charge in [0, 0.05) is 49.4 Å². The molecule has 0 fully saturated rings. The third-order valence-corrected chi connectivity index (χ3v) is 16.9. The lowest BCUT2D eigenvalue weighted by atomic mass is 9.86. The molecule has 16 rings (SSSR count). The molecular weight excluding hydrogens is 1010 g/mol. The van der Waals surface area contributed by atoms with Gasteiger partial charge in [0.2, 0.25) is 0 Å². The van der Waals surface area contributed by atoms with E-state index in [1.54, 1.807) is 12.1 Å². The monoisotopic (exact) mass is 1060 g/mol. The normalized spacial score (nSPS) is 12.1. The Kier molecular flexibility index (Phi) is 10.6. The molecule has 3 heterocycles. The number of alkyl halides is 3. The van der Waals surface area contributed by atoms with Crippen LogP contribution in [0.5, 0.6) is 0 Å². The van der Waals surface area contributed by atoms with Crippen LogP contribution in [0.2, 0.25) is 0 Å². The molecule has 0 saturated carbocycles. The van der Waals surface area contributed by atoms with E-state index in [2.05, 4.69) is 251 Å². The number of benzene rings is 13. The van der Waals surface area contributed by atoms with E-state index in [4.69, 9.17) is 0 Å². The van der Waals surface area contributed by atoms with Crippen molar-refractivity contribution in [2.24, 2.45) is 0 Å². The van der Waals surface area contributed by atoms with E-state index < -0.39 is 11.7 Å². The lowest BCUT2D eigenvalue weighted by Gasteiger charge is -2.18. The molecular formula is C76H48F3N3. The van der Waals surface area contributed by atoms with Crippen LogP contribution in [-0.4, -0.2) is 13.7 Å². The molecule has 16 aromatic rings. The molecule has 3 nitrogen and oxygen atoms in total. The van der Waals surface area contributed by atoms with Gasteiger partial charge in [-0.2, -0.15) is 13.2 Å². The summed E-state index contributed by atoms with van der Waals surface area (Å²) >= 11 is 0. The third-order valence-electron chi connectivity index (χ3n) is 16.9. The molecule has 13 aromatic carbocycles. The van der Waals surface area contributed by atoms with Gasteiger partial charge in [-0.3, -0.25) is 0 Å². The second-order valence-corrected chi connectivity index (χ2v) is 21.6. The predicted molar refractivity (Wildman–Crippen MR) is 336 cm³/mol. The lowest BCUT2D eigenvalue weighted by molar-refractivity contribution is -0.137. The van der Waals surface area contributed by atoms with Gasteiger partial charge in [0.1, 0.15) is 0 Å². The zero-order chi connectivity index (χ0) is 54.8. The molecule has 0 N–H and O–H groups in total. The molecule has 3 aromatic heterocycles. The van der Waals surface area contributed by atoms with Crippen LogP contribution < -0.4 is 0 Å². The average Bonchev–Trinajstić information content (AvgIpc) is 3.94. The molecule has 6 heteroatoms. The number of hydrogen-bond donors (Lipinski definition) is 0. The smallest absolute Gasteiger partial charge is 0.309 e. The zero-order valence-corrected chi connectivity index (χ0v) is 44.5. The Hall–Kier alpha value is -10.4. The molecule has 0 amide bonds. The highest BCUT2D eigenvalue weighted by Crippen LogP contribution is 2.46. The third kappa shape index (κ3) is 7.45. The number of aryl methyl sites for hydroxylation is 1. The molecule has 0 unspecified atom stereocenters. The van der Waals surface area contributed by atoms with E-state index in [1.165, 1.54) is 60.1 Å². The minimum Gasteiger partial charge on any atom is -0.309 e. The minimum atomic E-state index is -4.42. The average molecular weight is 1060 g/mol. The molecule has 0 aliphatic heterocycles. The summed E-state index contributed by atoms with van der Waals surface area (Å²) in [5, 5.41) is 11.6. The van der Waals surface area contributed by atoms with Crippen LogP contribution in [0.15, 0.2) is 273 Å². The fourth-order valence-corrected chi connectivity index (χ4v) is 13.1. The van der Waals surface area contributed by atoms with E-state index in [0.29, 0.717) is 5.69 Å². The van der Waals surface area contributed by atoms with Crippen molar-refractivity contribution in [3.05, 3.63) is 284 Å². The maximum Gasteiger partial charge on any atom is 0.416 e. The van der Waals surface area contributed by atoms with Gasteiger partial charge in [0.25, 0.3) is 0 Å². The maximum absolute atomic E-state index is 13.7. The van der Waals surface area contributed by atoms with Gasteiger partial charge in [-0.1, -0.05) is 169 Å². The summed E-state index contributed by atoms with van der Waals surface area (Å²) in [5.41, 5.74) is 18.9. The van der Waals surface area contributed by atoms with E-state index in [0.717, 1.165) is 100 Å². The van der Waals surface area contributed by atoms with Gasteiger partial charge in [0.15, 0.2) is 0 Å². The summed E-state index contributed by atoms with van der Waals surface area (Å²) in [4.78, 5) is 0. The summed E-state index contributed by atoms with van der Waals surface area (Å²) in [5.74, 6) is 0. The lowest BCUT2D eigenvalue weighted by Crippen LogP contribution is -2.05. The molecule has 0 saturated heterocycles. The number of para-hydroxylation sites is 2. The van der Waals surface area contributed by atoms with Crippen molar-refractivity contribution < 1.29 is 13.2 Å². The standard InChI is InChI=1S/C76H48F3N3/c1-47-23-33-55(34-24-47)80-68-21-11-9-15-58(68)64-43-50(27-39-70(64)80)52-29-41-72-66(45-52)67-46-53(51-28-40-71-65(44-51)59-16-10-12-22-69(59)81(71)57-37-31-54(32-38-57)76(77,78)79)30-42-73(67)82(72)56-35-25-49(26-36-56)75-62-19-7-5-17-60(62)74(48-13-3-2-4-14-48)61-18-6-8-20-63(61)75/h2-46H,1H3. The zero-order valence-electron chi connectivity index (χ0n) is 44.5. The van der Waals surface area contributed by atoms with Crippen molar-refractivity contribution in [3.63, 3.8) is 0 Å². The molecule has 0 aliphatic rings. The van der Waals surface area contributed by atoms with Crippen LogP contribution >= 0.6 is 0 Å². The predicted octanol–water partition coefficient (Wildman–Crippen LogP) is 21.3. The summed E-state index contributed by atoms with van der Waals surface area (Å²) in [6.45, 7) is 2.12. The summed E-state index contributed by atoms with van der Waals surface area (Å²) in [6, 6.07) is 95.4. The first kappa shape index (κ1) is 47.6. The molecule has 0 spiro atoms. The van der Waals surface area contributed by atoms with E-state index >= 15 is 0 Å². The molecule has 388 valence electrons. The SMILES string of the molecule is Cc1ccc(-n2c3ccccc3c3cc(-c4ccc5c(c4)c4cc(-c6ccc7c(c6)c6ccccc6n7-c6ccc(C(F)(F)F)cc6)ccc4n5-c4ccc(-c5c6ccccc6c(-c6ccccc6)c6ccccc56)cc4)ccc32)cc1. The van der Waals surface area contributed by atoms with Gasteiger partial charge in [0.05, 0.1) is 38.7 Å². The van der Waals surface area contributed by atoms with E-state index in [9.17, 15) is 13.2 Å². The Morgan fingerprint density at radius 1 is 0.244 bits per heavy atom. The number of halogens is 3. The van der Waals surface area contributed by atoms with Gasteiger partial charge in [-0.05, 0) is 182 Å². The Balaban J connectivity index is 0.870. The minimum absolute atomic E-state index is 0.670. The Morgan fingerprint density at radius 3 is 0.902 bits per heavy atom. The number of hydrogen-bond acceptors (Lipinski definition) is 0. The van der Waals surface area contributed by atoms with Crippen molar-refractivity contribution in [2.45, 2.75) is 13.1 Å². The van der Waals surface area contributed by atoms with Gasteiger partial charge in [-0.15, -0.1) is 0 Å². The topological polar surface area (TPSA) is 14.8 Å². The molecule has 0 atom stereocenters. The quantitative estimate of drug-likeness (QED) is 0.141. The molecule has 0 bridgehead atoms. The van der Waals surface area contributed by atoms with E-state index in [1.807, 2.05) is 18.2 Å². The van der Waals surface area contributed by atoms with Crippen LogP contribution in [-0.2, 0) is 6.18 Å². The van der Waals surface area contributed by atoms with Crippen LogP contribution in [0.1, 0.15) is 11.1 Å². The first-order chi connectivity index (χ1) is 40.2. The highest BCUT2D eigenvalue weighted by Gasteiger charge is 2.30. The highest BCUT2D eigenvalue weighted by atomic mass is 19.4. The number of aromatic nitrogens is 3. The van der Waals surface area contributed by atoms with Crippen molar-refractivity contribution in [3.8, 4) is 61.6 Å². The van der Waals surface area contributed by atoms with Gasteiger partial charge < -0.3 is 13.7 Å². The number of fused-ring (bicyclic) bond motifs is 11. The van der Waals surface area contributed by atoms with Crippen LogP contribution in [0.25, 0.3) is 149 Å². The summed E-state index contributed by atoms with van der Waals surface area (Å²) in [6.07, 6.45) is -4.42. The van der Waals surface area contributed by atoms with Crippen molar-refractivity contribution in [1.82, 2.24) is 13.7 Å². The maximum atomic E-state index is 13.7. The van der Waals surface area contributed by atoms with Gasteiger partial charge in [-0.25, -0.2) is 0 Å². The van der Waals surface area contributed by atoms with E-state index in [-0.39, 0.29) is 0 Å². The Bertz CT molecular complexity index is 5180. The Morgan fingerprint density at radius 2 is 0.524 bits per heavy atom. The molecule has 0 aliphatic carbocycles. The van der Waals surface area contributed by atoms with Gasteiger partial charge >= 0.3 is 6.18 Å².